The van der Waals surface area contributed by atoms with Gasteiger partial charge in [-0.15, -0.1) is 0 Å². The van der Waals surface area contributed by atoms with E-state index in [0.717, 1.165) is 18.4 Å². The summed E-state index contributed by atoms with van der Waals surface area (Å²) in [6.45, 7) is 2.00. The van der Waals surface area contributed by atoms with Gasteiger partial charge in [-0.05, 0) is 37.6 Å². The van der Waals surface area contributed by atoms with Crippen LogP contribution in [0.3, 0.4) is 0 Å². The van der Waals surface area contributed by atoms with E-state index in [1.807, 2.05) is 0 Å². The van der Waals surface area contributed by atoms with Gasteiger partial charge in [0.15, 0.2) is 0 Å². The molecular weight excluding hydrogens is 208 g/mol. The minimum Gasteiger partial charge on any atom is -0.329 e. The summed E-state index contributed by atoms with van der Waals surface area (Å²) >= 11 is 0. The Kier molecular flexibility index (Phi) is 5.79. The van der Waals surface area contributed by atoms with E-state index >= 15 is 0 Å². The zero-order valence-electron chi connectivity index (χ0n) is 11.3. The van der Waals surface area contributed by atoms with Gasteiger partial charge in [-0.1, -0.05) is 44.9 Å². The zero-order chi connectivity index (χ0) is 11.9. The Morgan fingerprint density at radius 1 is 1.00 bits per heavy atom. The van der Waals surface area contributed by atoms with E-state index in [4.69, 9.17) is 5.73 Å². The van der Waals surface area contributed by atoms with E-state index < -0.39 is 0 Å². The molecule has 0 aromatic carbocycles. The summed E-state index contributed by atoms with van der Waals surface area (Å²) in [7, 11) is 0. The van der Waals surface area contributed by atoms with Crippen LogP contribution in [0.25, 0.3) is 0 Å². The molecule has 1 unspecified atom stereocenters. The number of nitrogens with one attached hydrogen (secondary N) is 1. The van der Waals surface area contributed by atoms with Gasteiger partial charge in [0, 0.05) is 12.6 Å². The molecule has 2 nitrogen and oxygen atoms in total. The normalized spacial score (nSPS) is 23.8. The average molecular weight is 238 g/mol. The van der Waals surface area contributed by atoms with E-state index in [9.17, 15) is 0 Å². The summed E-state index contributed by atoms with van der Waals surface area (Å²) in [6, 6.07) is 0.581. The van der Waals surface area contributed by atoms with E-state index in [1.54, 1.807) is 0 Å². The van der Waals surface area contributed by atoms with Crippen LogP contribution in [0.15, 0.2) is 0 Å². The van der Waals surface area contributed by atoms with Crippen LogP contribution >= 0.6 is 0 Å². The van der Waals surface area contributed by atoms with Crippen molar-refractivity contribution in [3.05, 3.63) is 0 Å². The third-order valence-electron chi connectivity index (χ3n) is 4.55. The number of rotatable bonds is 8. The lowest BCUT2D eigenvalue weighted by Gasteiger charge is -2.26. The van der Waals surface area contributed by atoms with Crippen LogP contribution < -0.4 is 11.1 Å². The van der Waals surface area contributed by atoms with Crippen LogP contribution in [0.4, 0.5) is 0 Å². The van der Waals surface area contributed by atoms with Gasteiger partial charge in [-0.2, -0.15) is 0 Å². The van der Waals surface area contributed by atoms with Gasteiger partial charge in [0.2, 0.25) is 0 Å². The molecular formula is C15H30N2. The Morgan fingerprint density at radius 3 is 2.41 bits per heavy atom. The monoisotopic (exact) mass is 238 g/mol. The fourth-order valence-electron chi connectivity index (χ4n) is 3.19. The molecule has 2 aliphatic rings. The zero-order valence-corrected chi connectivity index (χ0v) is 11.3. The van der Waals surface area contributed by atoms with E-state index in [2.05, 4.69) is 5.32 Å². The Labute approximate surface area is 107 Å². The highest BCUT2D eigenvalue weighted by Crippen LogP contribution is 2.33. The maximum Gasteiger partial charge on any atom is 0.0192 e. The molecule has 0 aromatic rings. The summed E-state index contributed by atoms with van der Waals surface area (Å²) in [6.07, 6.45) is 14.3. The summed E-state index contributed by atoms with van der Waals surface area (Å²) in [5.41, 5.74) is 5.88. The first kappa shape index (κ1) is 13.4. The molecule has 0 radical (unpaired) electrons. The summed E-state index contributed by atoms with van der Waals surface area (Å²) < 4.78 is 0. The van der Waals surface area contributed by atoms with Crippen LogP contribution in [0.1, 0.15) is 64.2 Å². The third-order valence-corrected chi connectivity index (χ3v) is 4.55. The quantitative estimate of drug-likeness (QED) is 0.638. The molecule has 0 heterocycles. The van der Waals surface area contributed by atoms with Crippen molar-refractivity contribution >= 4 is 0 Å². The number of hydrogen-bond donors (Lipinski definition) is 2. The van der Waals surface area contributed by atoms with Crippen LogP contribution in [-0.4, -0.2) is 19.1 Å². The summed E-state index contributed by atoms with van der Waals surface area (Å²) in [5, 5.41) is 3.67. The highest BCUT2D eigenvalue weighted by atomic mass is 14.9. The highest BCUT2D eigenvalue weighted by molar-refractivity contribution is 4.77. The minimum atomic E-state index is 0.581. The van der Waals surface area contributed by atoms with Crippen molar-refractivity contribution in [1.82, 2.24) is 5.32 Å². The Bertz CT molecular complexity index is 195. The molecule has 2 fully saturated rings. The largest absolute Gasteiger partial charge is 0.329 e. The minimum absolute atomic E-state index is 0.581. The van der Waals surface area contributed by atoms with Crippen molar-refractivity contribution in [2.45, 2.75) is 70.3 Å². The van der Waals surface area contributed by atoms with Crippen molar-refractivity contribution in [2.75, 3.05) is 13.1 Å². The predicted octanol–water partition coefficient (Wildman–Crippen LogP) is 3.06. The second-order valence-corrected chi connectivity index (χ2v) is 6.21. The molecule has 2 aliphatic carbocycles. The first-order valence-electron chi connectivity index (χ1n) is 7.82. The lowest BCUT2D eigenvalue weighted by Crippen LogP contribution is -2.38. The Morgan fingerprint density at radius 2 is 1.76 bits per heavy atom. The third kappa shape index (κ3) is 5.39. The number of hydrogen-bond acceptors (Lipinski definition) is 2. The predicted molar refractivity (Wildman–Crippen MR) is 74.0 cm³/mol. The van der Waals surface area contributed by atoms with Crippen LogP contribution in [0.2, 0.25) is 0 Å². The lowest BCUT2D eigenvalue weighted by molar-refractivity contribution is 0.299. The molecule has 2 rings (SSSR count). The van der Waals surface area contributed by atoms with Crippen LogP contribution in [0.5, 0.6) is 0 Å². The Hall–Kier alpha value is -0.0800. The van der Waals surface area contributed by atoms with Crippen LogP contribution in [0, 0.1) is 11.8 Å². The lowest BCUT2D eigenvalue weighted by atomic mass is 9.85. The van der Waals surface area contributed by atoms with Gasteiger partial charge in [0.25, 0.3) is 0 Å². The summed E-state index contributed by atoms with van der Waals surface area (Å²) in [4.78, 5) is 0. The van der Waals surface area contributed by atoms with Crippen LogP contribution in [-0.2, 0) is 0 Å². The van der Waals surface area contributed by atoms with Crippen molar-refractivity contribution in [3.8, 4) is 0 Å². The second-order valence-electron chi connectivity index (χ2n) is 6.21. The SMILES string of the molecule is NCC(CC1CCCCC1)NCCCC1CC1. The Balaban J connectivity index is 1.54. The van der Waals surface area contributed by atoms with E-state index in [-0.39, 0.29) is 0 Å². The molecule has 17 heavy (non-hydrogen) atoms. The molecule has 1 atom stereocenters. The van der Waals surface area contributed by atoms with Gasteiger partial charge in [-0.25, -0.2) is 0 Å². The molecule has 0 aliphatic heterocycles. The molecule has 2 saturated carbocycles. The van der Waals surface area contributed by atoms with E-state index in [1.165, 1.54) is 70.8 Å². The van der Waals surface area contributed by atoms with Gasteiger partial charge in [0.05, 0.1) is 0 Å². The molecule has 2 heteroatoms. The smallest absolute Gasteiger partial charge is 0.0192 e. The topological polar surface area (TPSA) is 38.0 Å². The highest BCUT2D eigenvalue weighted by Gasteiger charge is 2.21. The standard InChI is InChI=1S/C15H30N2/c16-12-15(11-14-5-2-1-3-6-14)17-10-4-7-13-8-9-13/h13-15,17H,1-12,16H2. The molecule has 100 valence electrons. The fourth-order valence-corrected chi connectivity index (χ4v) is 3.19. The maximum atomic E-state index is 5.88. The average Bonchev–Trinajstić information content (AvgIpc) is 3.18. The fraction of sp³-hybridized carbons (Fsp3) is 1.00. The second kappa shape index (κ2) is 7.38. The molecule has 0 bridgehead atoms. The molecule has 0 aromatic heterocycles. The van der Waals surface area contributed by atoms with Crippen molar-refractivity contribution in [1.29, 1.82) is 0 Å². The first-order chi connectivity index (χ1) is 8.38. The molecule has 0 spiro atoms. The van der Waals surface area contributed by atoms with Crippen molar-refractivity contribution < 1.29 is 0 Å². The molecule has 0 amide bonds. The van der Waals surface area contributed by atoms with Gasteiger partial charge in [0.1, 0.15) is 0 Å². The molecule has 0 saturated heterocycles. The maximum absolute atomic E-state index is 5.88. The van der Waals surface area contributed by atoms with Gasteiger partial charge >= 0.3 is 0 Å². The van der Waals surface area contributed by atoms with Crippen molar-refractivity contribution in [2.24, 2.45) is 17.6 Å². The number of nitrogens with two attached hydrogens (primary N) is 1. The summed E-state index contributed by atoms with van der Waals surface area (Å²) in [5.74, 6) is 2.03. The molecule has 3 N–H and O–H groups in total. The van der Waals surface area contributed by atoms with Gasteiger partial charge < -0.3 is 11.1 Å². The van der Waals surface area contributed by atoms with Crippen molar-refractivity contribution in [3.63, 3.8) is 0 Å². The first-order valence-corrected chi connectivity index (χ1v) is 7.82. The van der Waals surface area contributed by atoms with E-state index in [0.29, 0.717) is 6.04 Å². The van der Waals surface area contributed by atoms with Gasteiger partial charge in [-0.3, -0.25) is 0 Å².